The van der Waals surface area contributed by atoms with Crippen LogP contribution >= 0.6 is 0 Å². The van der Waals surface area contributed by atoms with Crippen LogP contribution in [-0.2, 0) is 0 Å². The summed E-state index contributed by atoms with van der Waals surface area (Å²) in [7, 11) is 0. The molecular formula is C14H16FN3O. The molecule has 0 radical (unpaired) electrons. The maximum atomic E-state index is 13.6. The van der Waals surface area contributed by atoms with Crippen molar-refractivity contribution < 1.29 is 9.13 Å². The molecular weight excluding hydrogens is 245 g/mol. The van der Waals surface area contributed by atoms with Crippen molar-refractivity contribution in [2.75, 3.05) is 11.9 Å². The number of aromatic nitrogens is 2. The van der Waals surface area contributed by atoms with Crippen molar-refractivity contribution in [2.24, 2.45) is 0 Å². The van der Waals surface area contributed by atoms with E-state index < -0.39 is 5.82 Å². The monoisotopic (exact) mass is 261 g/mol. The van der Waals surface area contributed by atoms with Crippen LogP contribution in [0.3, 0.4) is 0 Å². The van der Waals surface area contributed by atoms with Gasteiger partial charge >= 0.3 is 0 Å². The van der Waals surface area contributed by atoms with Gasteiger partial charge in [0.05, 0.1) is 6.20 Å². The number of nitrogens with one attached hydrogen (secondary N) is 1. The summed E-state index contributed by atoms with van der Waals surface area (Å²) in [5, 5.41) is 2.99. The Balaban J connectivity index is 2.16. The van der Waals surface area contributed by atoms with Crippen LogP contribution in [0, 0.1) is 12.7 Å². The van der Waals surface area contributed by atoms with Gasteiger partial charge < -0.3 is 10.1 Å². The van der Waals surface area contributed by atoms with Gasteiger partial charge in [-0.25, -0.2) is 4.98 Å². The lowest BCUT2D eigenvalue weighted by Gasteiger charge is -2.08. The topological polar surface area (TPSA) is 47.0 Å². The average molecular weight is 261 g/mol. The zero-order valence-electron chi connectivity index (χ0n) is 11.0. The van der Waals surface area contributed by atoms with Crippen LogP contribution < -0.4 is 10.1 Å². The summed E-state index contributed by atoms with van der Waals surface area (Å²) in [5.41, 5.74) is 1.11. The van der Waals surface area contributed by atoms with Gasteiger partial charge in [0.2, 0.25) is 11.8 Å². The summed E-state index contributed by atoms with van der Waals surface area (Å²) in [5.74, 6) is 0.259. The SMILES string of the molecule is CCCNc1ncc(F)c(Oc2ccc(C)cc2)n1. The van der Waals surface area contributed by atoms with Crippen LogP contribution in [0.5, 0.6) is 11.6 Å². The zero-order valence-corrected chi connectivity index (χ0v) is 11.0. The number of ether oxygens (including phenoxy) is 1. The van der Waals surface area contributed by atoms with Crippen molar-refractivity contribution in [1.29, 1.82) is 0 Å². The minimum Gasteiger partial charge on any atom is -0.436 e. The average Bonchev–Trinajstić information content (AvgIpc) is 2.42. The van der Waals surface area contributed by atoms with E-state index in [0.717, 1.165) is 24.7 Å². The van der Waals surface area contributed by atoms with Gasteiger partial charge in [0.1, 0.15) is 5.75 Å². The quantitative estimate of drug-likeness (QED) is 0.894. The molecule has 0 amide bonds. The summed E-state index contributed by atoms with van der Waals surface area (Å²) < 4.78 is 19.0. The lowest BCUT2D eigenvalue weighted by molar-refractivity contribution is 0.420. The first-order chi connectivity index (χ1) is 9.19. The van der Waals surface area contributed by atoms with E-state index in [4.69, 9.17) is 4.74 Å². The second kappa shape index (κ2) is 6.13. The van der Waals surface area contributed by atoms with Crippen LogP contribution in [-0.4, -0.2) is 16.5 Å². The number of hydrogen-bond donors (Lipinski definition) is 1. The maximum absolute atomic E-state index is 13.6. The molecule has 4 nitrogen and oxygen atoms in total. The van der Waals surface area contributed by atoms with Gasteiger partial charge in [0.25, 0.3) is 5.88 Å². The summed E-state index contributed by atoms with van der Waals surface area (Å²) in [6, 6.07) is 7.33. The molecule has 0 aliphatic rings. The Hall–Kier alpha value is -2.17. The van der Waals surface area contributed by atoms with Gasteiger partial charge in [-0.1, -0.05) is 24.6 Å². The second-order valence-corrected chi connectivity index (χ2v) is 4.19. The maximum Gasteiger partial charge on any atom is 0.260 e. The highest BCUT2D eigenvalue weighted by Gasteiger charge is 2.09. The number of rotatable bonds is 5. The molecule has 0 saturated carbocycles. The first-order valence-corrected chi connectivity index (χ1v) is 6.20. The summed E-state index contributed by atoms with van der Waals surface area (Å²) in [6.45, 7) is 4.73. The first kappa shape index (κ1) is 13.3. The smallest absolute Gasteiger partial charge is 0.260 e. The van der Waals surface area contributed by atoms with E-state index in [0.29, 0.717) is 11.7 Å². The zero-order chi connectivity index (χ0) is 13.7. The highest BCUT2D eigenvalue weighted by molar-refractivity contribution is 5.33. The Morgan fingerprint density at radius 3 is 2.68 bits per heavy atom. The number of nitrogens with zero attached hydrogens (tertiary/aromatic N) is 2. The van der Waals surface area contributed by atoms with E-state index in [9.17, 15) is 4.39 Å². The Labute approximate surface area is 111 Å². The minimum atomic E-state index is -0.581. The van der Waals surface area contributed by atoms with Crippen LogP contribution in [0.2, 0.25) is 0 Å². The number of halogens is 1. The predicted molar refractivity (Wildman–Crippen MR) is 72.0 cm³/mol. The molecule has 0 spiro atoms. The molecule has 1 aromatic heterocycles. The molecule has 0 bridgehead atoms. The van der Waals surface area contributed by atoms with Crippen molar-refractivity contribution >= 4 is 5.95 Å². The summed E-state index contributed by atoms with van der Waals surface area (Å²) in [6.07, 6.45) is 2.05. The van der Waals surface area contributed by atoms with Gasteiger partial charge in [-0.3, -0.25) is 0 Å². The molecule has 0 aliphatic carbocycles. The molecule has 0 saturated heterocycles. The van der Waals surface area contributed by atoms with Crippen LogP contribution in [0.4, 0.5) is 10.3 Å². The molecule has 0 atom stereocenters. The molecule has 0 fully saturated rings. The number of aryl methyl sites for hydroxylation is 1. The van der Waals surface area contributed by atoms with E-state index >= 15 is 0 Å². The third-order valence-corrected chi connectivity index (χ3v) is 2.48. The normalized spacial score (nSPS) is 10.3. The van der Waals surface area contributed by atoms with Gasteiger partial charge in [0.15, 0.2) is 0 Å². The van der Waals surface area contributed by atoms with Gasteiger partial charge in [-0.05, 0) is 25.5 Å². The molecule has 1 heterocycles. The van der Waals surface area contributed by atoms with Crippen molar-refractivity contribution in [3.05, 3.63) is 41.8 Å². The van der Waals surface area contributed by atoms with E-state index in [-0.39, 0.29) is 5.88 Å². The van der Waals surface area contributed by atoms with Gasteiger partial charge in [0, 0.05) is 6.54 Å². The molecule has 5 heteroatoms. The van der Waals surface area contributed by atoms with Gasteiger partial charge in [-0.15, -0.1) is 0 Å². The fraction of sp³-hybridized carbons (Fsp3) is 0.286. The Morgan fingerprint density at radius 2 is 2.00 bits per heavy atom. The third-order valence-electron chi connectivity index (χ3n) is 2.48. The van der Waals surface area contributed by atoms with E-state index in [1.165, 1.54) is 0 Å². The van der Waals surface area contributed by atoms with Gasteiger partial charge in [-0.2, -0.15) is 9.37 Å². The fourth-order valence-corrected chi connectivity index (χ4v) is 1.46. The summed E-state index contributed by atoms with van der Waals surface area (Å²) in [4.78, 5) is 7.86. The standard InChI is InChI=1S/C14H16FN3O/c1-3-8-16-14-17-9-12(15)13(18-14)19-11-6-4-10(2)5-7-11/h4-7,9H,3,8H2,1-2H3,(H,16,17,18). The highest BCUT2D eigenvalue weighted by atomic mass is 19.1. The van der Waals surface area contributed by atoms with E-state index in [1.807, 2.05) is 26.0 Å². The van der Waals surface area contributed by atoms with Crippen molar-refractivity contribution in [3.8, 4) is 11.6 Å². The van der Waals surface area contributed by atoms with Crippen LogP contribution in [0.1, 0.15) is 18.9 Å². The number of hydrogen-bond acceptors (Lipinski definition) is 4. The van der Waals surface area contributed by atoms with Crippen molar-refractivity contribution in [3.63, 3.8) is 0 Å². The largest absolute Gasteiger partial charge is 0.436 e. The molecule has 1 aromatic carbocycles. The van der Waals surface area contributed by atoms with Crippen LogP contribution in [0.15, 0.2) is 30.5 Å². The second-order valence-electron chi connectivity index (χ2n) is 4.19. The van der Waals surface area contributed by atoms with Crippen molar-refractivity contribution in [2.45, 2.75) is 20.3 Å². The van der Waals surface area contributed by atoms with E-state index in [1.54, 1.807) is 12.1 Å². The number of anilines is 1. The molecule has 1 N–H and O–H groups in total. The minimum absolute atomic E-state index is 0.0718. The fourth-order valence-electron chi connectivity index (χ4n) is 1.46. The van der Waals surface area contributed by atoms with Crippen molar-refractivity contribution in [1.82, 2.24) is 9.97 Å². The molecule has 2 aromatic rings. The molecule has 0 aliphatic heterocycles. The lowest BCUT2D eigenvalue weighted by atomic mass is 10.2. The predicted octanol–water partition coefficient (Wildman–Crippen LogP) is 3.54. The van der Waals surface area contributed by atoms with E-state index in [2.05, 4.69) is 15.3 Å². The van der Waals surface area contributed by atoms with Crippen LogP contribution in [0.25, 0.3) is 0 Å². The highest BCUT2D eigenvalue weighted by Crippen LogP contribution is 2.23. The Bertz CT molecular complexity index is 543. The first-order valence-electron chi connectivity index (χ1n) is 6.20. The summed E-state index contributed by atoms with van der Waals surface area (Å²) >= 11 is 0. The third kappa shape index (κ3) is 3.64. The molecule has 19 heavy (non-hydrogen) atoms. The lowest BCUT2D eigenvalue weighted by Crippen LogP contribution is -2.05. The molecule has 0 unspecified atom stereocenters. The Kier molecular flexibility index (Phi) is 4.28. The number of benzene rings is 1. The molecule has 100 valence electrons. The Morgan fingerprint density at radius 1 is 1.26 bits per heavy atom. The molecule has 2 rings (SSSR count).